The molecule has 1 aliphatic heterocycles. The molecule has 0 aliphatic carbocycles. The molecule has 2 atom stereocenters. The number of nitrogens with zero attached hydrogens (tertiary/aromatic N) is 2. The van der Waals surface area contributed by atoms with Crippen LogP contribution in [0.3, 0.4) is 0 Å². The Balaban J connectivity index is 1.70. The van der Waals surface area contributed by atoms with Crippen LogP contribution in [0.25, 0.3) is 0 Å². The van der Waals surface area contributed by atoms with Gasteiger partial charge in [0, 0.05) is 18.0 Å². The lowest BCUT2D eigenvalue weighted by molar-refractivity contribution is -0.136. The zero-order chi connectivity index (χ0) is 22.9. The number of allylic oxidation sites excluding steroid dienone is 1. The molecule has 1 aliphatic rings. The van der Waals surface area contributed by atoms with Crippen LogP contribution in [0, 0.1) is 0 Å². The first-order valence-corrected chi connectivity index (χ1v) is 12.1. The van der Waals surface area contributed by atoms with E-state index >= 15 is 0 Å². The van der Waals surface area contributed by atoms with Gasteiger partial charge in [-0.15, -0.1) is 17.9 Å². The number of carbonyl (C=O) groups excluding carboxylic acids is 1. The van der Waals surface area contributed by atoms with Crippen molar-refractivity contribution >= 4 is 17.2 Å². The fraction of sp³-hybridized carbons (Fsp3) is 0.480. The number of carbonyl (C=O) groups is 1. The predicted molar refractivity (Wildman–Crippen MR) is 129 cm³/mol. The van der Waals surface area contributed by atoms with E-state index in [4.69, 9.17) is 9.47 Å². The lowest BCUT2D eigenvalue weighted by Gasteiger charge is -2.37. The van der Waals surface area contributed by atoms with Crippen molar-refractivity contribution in [1.29, 1.82) is 0 Å². The molecule has 1 aromatic carbocycles. The Morgan fingerprint density at radius 3 is 2.88 bits per heavy atom. The van der Waals surface area contributed by atoms with Crippen molar-refractivity contribution in [3.8, 4) is 11.5 Å². The molecule has 6 nitrogen and oxygen atoms in total. The number of benzene rings is 1. The molecule has 32 heavy (non-hydrogen) atoms. The average Bonchev–Trinajstić information content (AvgIpc) is 3.30. The third-order valence-corrected chi connectivity index (χ3v) is 6.86. The first-order chi connectivity index (χ1) is 15.6. The summed E-state index contributed by atoms with van der Waals surface area (Å²) in [7, 11) is 1.62. The highest BCUT2D eigenvalue weighted by molar-refractivity contribution is 7.10. The number of likely N-dealkylation sites (N-methyl/N-ethyl adjacent to an activating group) is 1. The maximum Gasteiger partial charge on any atom is 0.237 e. The first-order valence-electron chi connectivity index (χ1n) is 11.2. The molecule has 174 valence electrons. The van der Waals surface area contributed by atoms with Crippen molar-refractivity contribution < 1.29 is 19.4 Å². The highest BCUT2D eigenvalue weighted by Crippen LogP contribution is 2.35. The molecular formula is C25H34N2O4S. The Hall–Kier alpha value is -2.35. The van der Waals surface area contributed by atoms with Gasteiger partial charge in [-0.2, -0.15) is 0 Å². The molecule has 0 radical (unpaired) electrons. The quantitative estimate of drug-likeness (QED) is 0.489. The summed E-state index contributed by atoms with van der Waals surface area (Å²) in [5.41, 5.74) is 1.17. The second-order valence-corrected chi connectivity index (χ2v) is 8.96. The SMILES string of the molecule is C=CCC[C@@H](O)CN(CC)CC(=O)N1CCc2sccc2[C@@H]1COc1ccccc1OC. The van der Waals surface area contributed by atoms with E-state index in [9.17, 15) is 9.90 Å². The van der Waals surface area contributed by atoms with E-state index in [1.807, 2.05) is 47.1 Å². The van der Waals surface area contributed by atoms with Gasteiger partial charge in [-0.1, -0.05) is 25.1 Å². The molecule has 2 aromatic rings. The number of amides is 1. The van der Waals surface area contributed by atoms with Gasteiger partial charge < -0.3 is 19.5 Å². The van der Waals surface area contributed by atoms with Crippen molar-refractivity contribution in [3.05, 3.63) is 58.8 Å². The van der Waals surface area contributed by atoms with Crippen LogP contribution in [-0.2, 0) is 11.2 Å². The molecule has 1 amide bonds. The second kappa shape index (κ2) is 12.0. The third kappa shape index (κ3) is 6.12. The minimum absolute atomic E-state index is 0.0632. The minimum atomic E-state index is -0.463. The summed E-state index contributed by atoms with van der Waals surface area (Å²) in [6.45, 7) is 8.23. The van der Waals surface area contributed by atoms with Gasteiger partial charge in [-0.3, -0.25) is 9.69 Å². The van der Waals surface area contributed by atoms with Gasteiger partial charge in [-0.05, 0) is 54.9 Å². The Kier molecular flexibility index (Phi) is 9.14. The van der Waals surface area contributed by atoms with Crippen LogP contribution in [0.15, 0.2) is 48.4 Å². The molecule has 2 heterocycles. The van der Waals surface area contributed by atoms with Crippen molar-refractivity contribution in [1.82, 2.24) is 9.80 Å². The highest BCUT2D eigenvalue weighted by Gasteiger charge is 2.33. The van der Waals surface area contributed by atoms with Gasteiger partial charge in [0.1, 0.15) is 6.61 Å². The van der Waals surface area contributed by atoms with Crippen LogP contribution in [-0.4, -0.2) is 66.8 Å². The van der Waals surface area contributed by atoms with Crippen LogP contribution < -0.4 is 9.47 Å². The summed E-state index contributed by atoms with van der Waals surface area (Å²) in [5, 5.41) is 12.4. The van der Waals surface area contributed by atoms with Gasteiger partial charge in [0.25, 0.3) is 0 Å². The van der Waals surface area contributed by atoms with E-state index in [0.717, 1.165) is 12.8 Å². The fourth-order valence-electron chi connectivity index (χ4n) is 4.07. The summed E-state index contributed by atoms with van der Waals surface area (Å²) >= 11 is 1.74. The van der Waals surface area contributed by atoms with Crippen LogP contribution in [0.5, 0.6) is 11.5 Å². The maximum atomic E-state index is 13.3. The number of methoxy groups -OCH3 is 1. The highest BCUT2D eigenvalue weighted by atomic mass is 32.1. The predicted octanol–water partition coefficient (Wildman–Crippen LogP) is 3.91. The summed E-state index contributed by atoms with van der Waals surface area (Å²) < 4.78 is 11.5. The number of hydrogen-bond donors (Lipinski definition) is 1. The van der Waals surface area contributed by atoms with Crippen LogP contribution in [0.1, 0.15) is 36.2 Å². The minimum Gasteiger partial charge on any atom is -0.493 e. The first kappa shape index (κ1) is 24.3. The summed E-state index contributed by atoms with van der Waals surface area (Å²) in [5.74, 6) is 1.41. The van der Waals surface area contributed by atoms with Gasteiger partial charge in [0.15, 0.2) is 11.5 Å². The Bertz CT molecular complexity index is 884. The number of hydrogen-bond acceptors (Lipinski definition) is 6. The van der Waals surface area contributed by atoms with Crippen molar-refractivity contribution in [2.24, 2.45) is 0 Å². The van der Waals surface area contributed by atoms with Gasteiger partial charge in [0.2, 0.25) is 5.91 Å². The monoisotopic (exact) mass is 458 g/mol. The van der Waals surface area contributed by atoms with Crippen molar-refractivity contribution in [2.75, 3.05) is 39.9 Å². The normalized spacial score (nSPS) is 16.5. The number of aliphatic hydroxyl groups is 1. The van der Waals surface area contributed by atoms with Crippen LogP contribution in [0.2, 0.25) is 0 Å². The number of rotatable bonds is 12. The van der Waals surface area contributed by atoms with Gasteiger partial charge in [-0.25, -0.2) is 0 Å². The molecule has 0 spiro atoms. The molecule has 1 N–H and O–H groups in total. The van der Waals surface area contributed by atoms with Crippen molar-refractivity contribution in [3.63, 3.8) is 0 Å². The average molecular weight is 459 g/mol. The third-order valence-electron chi connectivity index (χ3n) is 5.86. The maximum absolute atomic E-state index is 13.3. The fourth-order valence-corrected chi connectivity index (χ4v) is 5.00. The zero-order valence-electron chi connectivity index (χ0n) is 19.0. The van der Waals surface area contributed by atoms with E-state index in [1.54, 1.807) is 18.4 Å². The van der Waals surface area contributed by atoms with E-state index in [1.165, 1.54) is 10.4 Å². The summed E-state index contributed by atoms with van der Waals surface area (Å²) in [4.78, 5) is 18.6. The molecule has 0 saturated heterocycles. The van der Waals surface area contributed by atoms with Gasteiger partial charge in [0.05, 0.1) is 25.8 Å². The molecule has 1 aromatic heterocycles. The number of ether oxygens (including phenoxy) is 2. The molecule has 0 fully saturated rings. The Morgan fingerprint density at radius 2 is 2.16 bits per heavy atom. The van der Waals surface area contributed by atoms with Crippen molar-refractivity contribution in [2.45, 2.75) is 38.3 Å². The number of aliphatic hydroxyl groups excluding tert-OH is 1. The van der Waals surface area contributed by atoms with E-state index in [2.05, 4.69) is 18.0 Å². The smallest absolute Gasteiger partial charge is 0.237 e. The topological polar surface area (TPSA) is 62.2 Å². The Morgan fingerprint density at radius 1 is 1.38 bits per heavy atom. The lowest BCUT2D eigenvalue weighted by atomic mass is 10.0. The van der Waals surface area contributed by atoms with E-state index in [0.29, 0.717) is 44.2 Å². The largest absolute Gasteiger partial charge is 0.493 e. The molecule has 0 bridgehead atoms. The number of fused-ring (bicyclic) bond motifs is 1. The second-order valence-electron chi connectivity index (χ2n) is 7.96. The van der Waals surface area contributed by atoms with E-state index in [-0.39, 0.29) is 18.5 Å². The molecular weight excluding hydrogens is 424 g/mol. The van der Waals surface area contributed by atoms with Gasteiger partial charge >= 0.3 is 0 Å². The summed E-state index contributed by atoms with van der Waals surface area (Å²) in [6.07, 6.45) is 3.63. The van der Waals surface area contributed by atoms with Crippen LogP contribution in [0.4, 0.5) is 0 Å². The summed E-state index contributed by atoms with van der Waals surface area (Å²) in [6, 6.07) is 9.52. The van der Waals surface area contributed by atoms with E-state index < -0.39 is 6.10 Å². The Labute approximate surface area is 195 Å². The number of para-hydroxylation sites is 2. The lowest BCUT2D eigenvalue weighted by Crippen LogP contribution is -2.47. The standard InChI is InChI=1S/C25H34N2O4S/c1-4-6-9-19(28)16-26(5-2)17-25(29)27-14-12-24-20(13-15-32-24)21(27)18-31-23-11-8-7-10-22(23)30-3/h4,7-8,10-11,13,15,19,21,28H,1,5-6,9,12,14,16-18H2,2-3H3/t19-,21+/m1/s1. The molecule has 7 heteroatoms. The zero-order valence-corrected chi connectivity index (χ0v) is 19.9. The molecule has 0 saturated carbocycles. The van der Waals surface area contributed by atoms with Crippen LogP contribution >= 0.6 is 11.3 Å². The number of thiophene rings is 1. The molecule has 0 unspecified atom stereocenters. The molecule has 3 rings (SSSR count).